The van der Waals surface area contributed by atoms with Gasteiger partial charge in [-0.1, -0.05) is 0 Å². The number of nitrogens with two attached hydrogens (primary N) is 1. The zero-order valence-corrected chi connectivity index (χ0v) is 11.6. The van der Waals surface area contributed by atoms with Crippen molar-refractivity contribution in [2.75, 3.05) is 17.2 Å². The van der Waals surface area contributed by atoms with Crippen molar-refractivity contribution in [3.8, 4) is 0 Å². The van der Waals surface area contributed by atoms with E-state index in [0.717, 1.165) is 23.5 Å². The van der Waals surface area contributed by atoms with Gasteiger partial charge in [-0.2, -0.15) is 0 Å². The molecule has 1 aliphatic rings. The van der Waals surface area contributed by atoms with Crippen molar-refractivity contribution in [3.63, 3.8) is 0 Å². The van der Waals surface area contributed by atoms with Gasteiger partial charge in [-0.3, -0.25) is 4.98 Å². The predicted molar refractivity (Wildman–Crippen MR) is 81.4 cm³/mol. The second kappa shape index (κ2) is 4.72. The Labute approximate surface area is 114 Å². The summed E-state index contributed by atoms with van der Waals surface area (Å²) in [4.78, 5) is 6.69. The summed E-state index contributed by atoms with van der Waals surface area (Å²) in [5.74, 6) is 0.872. The van der Waals surface area contributed by atoms with Crippen LogP contribution in [0, 0.1) is 5.92 Å². The van der Waals surface area contributed by atoms with Gasteiger partial charge in [0, 0.05) is 47.1 Å². The lowest BCUT2D eigenvalue weighted by molar-refractivity contribution is 0.647. The molecule has 3 nitrogen and oxygen atoms in total. The number of pyridine rings is 1. The number of nitrogens with zero attached hydrogens (tertiary/aromatic N) is 2. The average Bonchev–Trinajstić information content (AvgIpc) is 3.21. The van der Waals surface area contributed by atoms with Crippen LogP contribution in [0.4, 0.5) is 11.4 Å². The fourth-order valence-corrected chi connectivity index (χ4v) is 2.61. The third kappa shape index (κ3) is 2.37. The maximum Gasteiger partial charge on any atom is 0.0450 e. The molecule has 1 saturated carbocycles. The molecule has 1 heterocycles. The molecular formula is C16H21N3. The Morgan fingerprint density at radius 1 is 1.26 bits per heavy atom. The van der Waals surface area contributed by atoms with Gasteiger partial charge in [0.1, 0.15) is 0 Å². The van der Waals surface area contributed by atoms with E-state index in [-0.39, 0.29) is 0 Å². The summed E-state index contributed by atoms with van der Waals surface area (Å²) in [5.41, 5.74) is 8.15. The van der Waals surface area contributed by atoms with Crippen LogP contribution in [-0.2, 0) is 0 Å². The molecule has 0 bridgehead atoms. The van der Waals surface area contributed by atoms with Crippen LogP contribution in [0.3, 0.4) is 0 Å². The van der Waals surface area contributed by atoms with Crippen LogP contribution < -0.4 is 10.6 Å². The van der Waals surface area contributed by atoms with E-state index in [1.807, 2.05) is 18.5 Å². The van der Waals surface area contributed by atoms with Crippen molar-refractivity contribution in [2.24, 2.45) is 5.92 Å². The molecule has 100 valence electrons. The number of aromatic nitrogens is 1. The average molecular weight is 255 g/mol. The van der Waals surface area contributed by atoms with Gasteiger partial charge in [-0.15, -0.1) is 0 Å². The fraction of sp³-hybridized carbons (Fsp3) is 0.438. The SMILES string of the molecule is CC(C)N(CC1CC1)c1ccc(N)c2cnccc12. The Morgan fingerprint density at radius 2 is 2.05 bits per heavy atom. The summed E-state index contributed by atoms with van der Waals surface area (Å²) in [6.45, 7) is 5.66. The molecule has 19 heavy (non-hydrogen) atoms. The molecule has 0 amide bonds. The Kier molecular flexibility index (Phi) is 3.05. The highest BCUT2D eigenvalue weighted by Crippen LogP contribution is 2.36. The van der Waals surface area contributed by atoms with Crippen molar-refractivity contribution in [1.29, 1.82) is 0 Å². The van der Waals surface area contributed by atoms with Gasteiger partial charge in [-0.05, 0) is 50.8 Å². The third-order valence-electron chi connectivity index (χ3n) is 3.91. The van der Waals surface area contributed by atoms with Gasteiger partial charge in [0.25, 0.3) is 0 Å². The van der Waals surface area contributed by atoms with E-state index in [4.69, 9.17) is 5.73 Å². The Balaban J connectivity index is 2.09. The highest BCUT2D eigenvalue weighted by molar-refractivity contribution is 6.00. The maximum absolute atomic E-state index is 6.06. The number of benzene rings is 1. The molecule has 1 aromatic heterocycles. The number of anilines is 2. The number of hydrogen-bond donors (Lipinski definition) is 1. The van der Waals surface area contributed by atoms with E-state index in [1.54, 1.807) is 0 Å². The first-order chi connectivity index (χ1) is 9.16. The van der Waals surface area contributed by atoms with Crippen LogP contribution >= 0.6 is 0 Å². The minimum atomic E-state index is 0.501. The first-order valence-electron chi connectivity index (χ1n) is 7.05. The van der Waals surface area contributed by atoms with Crippen LogP contribution in [0.5, 0.6) is 0 Å². The number of hydrogen-bond acceptors (Lipinski definition) is 3. The zero-order chi connectivity index (χ0) is 13.4. The topological polar surface area (TPSA) is 42.1 Å². The predicted octanol–water partition coefficient (Wildman–Crippen LogP) is 3.44. The summed E-state index contributed by atoms with van der Waals surface area (Å²) in [5, 5.41) is 2.27. The fourth-order valence-electron chi connectivity index (χ4n) is 2.61. The van der Waals surface area contributed by atoms with E-state index in [2.05, 4.69) is 35.9 Å². The van der Waals surface area contributed by atoms with Gasteiger partial charge in [0.2, 0.25) is 0 Å². The first-order valence-corrected chi connectivity index (χ1v) is 7.05. The minimum absolute atomic E-state index is 0.501. The lowest BCUT2D eigenvalue weighted by Crippen LogP contribution is -2.32. The zero-order valence-electron chi connectivity index (χ0n) is 11.6. The molecule has 2 aromatic rings. The van der Waals surface area contributed by atoms with Crippen LogP contribution in [0.1, 0.15) is 26.7 Å². The van der Waals surface area contributed by atoms with Gasteiger partial charge < -0.3 is 10.6 Å². The molecule has 0 atom stereocenters. The monoisotopic (exact) mass is 255 g/mol. The molecule has 0 spiro atoms. The van der Waals surface area contributed by atoms with Crippen molar-refractivity contribution < 1.29 is 0 Å². The molecule has 0 saturated heterocycles. The van der Waals surface area contributed by atoms with Gasteiger partial charge in [0.15, 0.2) is 0 Å². The van der Waals surface area contributed by atoms with Crippen molar-refractivity contribution in [2.45, 2.75) is 32.7 Å². The van der Waals surface area contributed by atoms with E-state index in [1.165, 1.54) is 23.9 Å². The molecule has 3 heteroatoms. The van der Waals surface area contributed by atoms with Gasteiger partial charge >= 0.3 is 0 Å². The van der Waals surface area contributed by atoms with E-state index >= 15 is 0 Å². The smallest absolute Gasteiger partial charge is 0.0450 e. The largest absolute Gasteiger partial charge is 0.398 e. The summed E-state index contributed by atoms with van der Waals surface area (Å²) in [7, 11) is 0. The number of fused-ring (bicyclic) bond motifs is 1. The Bertz CT molecular complexity index is 588. The standard InChI is InChI=1S/C16H21N3/c1-11(2)19(10-12-3-4-12)16-6-5-15(17)14-9-18-8-7-13(14)16/h5-9,11-12H,3-4,10,17H2,1-2H3. The molecular weight excluding hydrogens is 234 g/mol. The van der Waals surface area contributed by atoms with Crippen molar-refractivity contribution in [1.82, 2.24) is 4.98 Å². The molecule has 1 fully saturated rings. The Hall–Kier alpha value is -1.77. The van der Waals surface area contributed by atoms with Crippen LogP contribution in [0.25, 0.3) is 10.8 Å². The first kappa shape index (κ1) is 12.3. The third-order valence-corrected chi connectivity index (χ3v) is 3.91. The molecule has 0 aliphatic heterocycles. The van der Waals surface area contributed by atoms with E-state index < -0.39 is 0 Å². The molecule has 3 rings (SSSR count). The second-order valence-corrected chi connectivity index (χ2v) is 5.78. The van der Waals surface area contributed by atoms with Crippen LogP contribution in [-0.4, -0.2) is 17.6 Å². The maximum atomic E-state index is 6.06. The van der Waals surface area contributed by atoms with Gasteiger partial charge in [-0.25, -0.2) is 0 Å². The lowest BCUT2D eigenvalue weighted by Gasteiger charge is -2.30. The molecule has 1 aromatic carbocycles. The van der Waals surface area contributed by atoms with Crippen molar-refractivity contribution >= 4 is 22.1 Å². The normalized spacial score (nSPS) is 15.1. The van der Waals surface area contributed by atoms with Crippen LogP contribution in [0.2, 0.25) is 0 Å². The quantitative estimate of drug-likeness (QED) is 0.851. The molecule has 0 radical (unpaired) electrons. The molecule has 2 N–H and O–H groups in total. The molecule has 0 unspecified atom stereocenters. The second-order valence-electron chi connectivity index (χ2n) is 5.78. The van der Waals surface area contributed by atoms with Crippen molar-refractivity contribution in [3.05, 3.63) is 30.6 Å². The highest BCUT2D eigenvalue weighted by atomic mass is 15.2. The summed E-state index contributed by atoms with van der Waals surface area (Å²) in [6.07, 6.45) is 6.46. The van der Waals surface area contributed by atoms with Gasteiger partial charge in [0.05, 0.1) is 0 Å². The minimum Gasteiger partial charge on any atom is -0.398 e. The summed E-state index contributed by atoms with van der Waals surface area (Å²) in [6, 6.07) is 6.73. The van der Waals surface area contributed by atoms with E-state index in [9.17, 15) is 0 Å². The van der Waals surface area contributed by atoms with E-state index in [0.29, 0.717) is 6.04 Å². The highest BCUT2D eigenvalue weighted by Gasteiger charge is 2.26. The Morgan fingerprint density at radius 3 is 2.74 bits per heavy atom. The molecule has 1 aliphatic carbocycles. The summed E-state index contributed by atoms with van der Waals surface area (Å²) >= 11 is 0. The summed E-state index contributed by atoms with van der Waals surface area (Å²) < 4.78 is 0. The number of nitrogen functional groups attached to an aromatic ring is 1. The lowest BCUT2D eigenvalue weighted by atomic mass is 10.1. The number of rotatable bonds is 4. The van der Waals surface area contributed by atoms with Crippen LogP contribution in [0.15, 0.2) is 30.6 Å².